The number of hydrazine groups is 1. The Bertz CT molecular complexity index is 866. The fourth-order valence-corrected chi connectivity index (χ4v) is 4.56. The van der Waals surface area contributed by atoms with Crippen LogP contribution in [0.4, 0.5) is 0 Å². The molecule has 33 heavy (non-hydrogen) atoms. The number of nitrogens with two attached hydrogens (primary N) is 2. The third kappa shape index (κ3) is 9.63. The maximum absolute atomic E-state index is 6.14. The summed E-state index contributed by atoms with van der Waals surface area (Å²) in [7, 11) is 1.78. The summed E-state index contributed by atoms with van der Waals surface area (Å²) in [6, 6.07) is 0. The van der Waals surface area contributed by atoms with E-state index in [0.29, 0.717) is 10.7 Å². The monoisotopic (exact) mass is 498 g/mol. The number of hydrogen-bond acceptors (Lipinski definition) is 6. The summed E-state index contributed by atoms with van der Waals surface area (Å²) >= 11 is 12.1. The molecule has 0 amide bonds. The van der Waals surface area contributed by atoms with Gasteiger partial charge in [-0.3, -0.25) is 0 Å². The predicted molar refractivity (Wildman–Crippen MR) is 138 cm³/mol. The van der Waals surface area contributed by atoms with E-state index in [0.717, 1.165) is 43.1 Å². The fraction of sp³-hybridized carbons (Fsp3) is 0.739. The summed E-state index contributed by atoms with van der Waals surface area (Å²) in [5.41, 5.74) is 1.36. The molecule has 2 aromatic rings. The Hall–Kier alpha value is -1.64. The van der Waals surface area contributed by atoms with Crippen LogP contribution in [-0.4, -0.2) is 37.4 Å². The van der Waals surface area contributed by atoms with Gasteiger partial charge in [-0.25, -0.2) is 15.8 Å². The third-order valence-electron chi connectivity index (χ3n) is 6.05. The van der Waals surface area contributed by atoms with E-state index in [1.807, 2.05) is 6.92 Å². The first kappa shape index (κ1) is 27.6. The molecule has 0 aliphatic rings. The van der Waals surface area contributed by atoms with E-state index in [4.69, 9.17) is 34.9 Å². The van der Waals surface area contributed by atoms with Crippen molar-refractivity contribution in [3.8, 4) is 0 Å². The summed E-state index contributed by atoms with van der Waals surface area (Å²) in [4.78, 5) is 12.8. The topological polar surface area (TPSA) is 111 Å². The van der Waals surface area contributed by atoms with Crippen molar-refractivity contribution in [2.45, 2.75) is 103 Å². The van der Waals surface area contributed by atoms with Gasteiger partial charge < -0.3 is 15.4 Å². The van der Waals surface area contributed by atoms with Gasteiger partial charge in [0.2, 0.25) is 5.28 Å². The average Bonchev–Trinajstić information content (AvgIpc) is 3.08. The van der Waals surface area contributed by atoms with Gasteiger partial charge in [0.05, 0.1) is 0 Å². The Morgan fingerprint density at radius 3 is 1.88 bits per heavy atom. The van der Waals surface area contributed by atoms with Crippen LogP contribution in [0.25, 0.3) is 11.2 Å². The number of imidazole rings is 1. The molecule has 0 fully saturated rings. The Kier molecular flexibility index (Phi) is 12.8. The lowest BCUT2D eigenvalue weighted by molar-refractivity contribution is 0.507. The number of hydrazone groups is 1. The highest BCUT2D eigenvalue weighted by atomic mass is 35.5. The Labute approximate surface area is 208 Å². The molecule has 2 aromatic heterocycles. The van der Waals surface area contributed by atoms with E-state index >= 15 is 0 Å². The van der Waals surface area contributed by atoms with Crippen LogP contribution in [0.15, 0.2) is 5.10 Å². The number of rotatable bonds is 16. The molecule has 0 bridgehead atoms. The van der Waals surface area contributed by atoms with Crippen molar-refractivity contribution in [2.24, 2.45) is 16.8 Å². The largest absolute Gasteiger partial charge is 0.322 e. The molecule has 0 saturated carbocycles. The molecule has 0 saturated heterocycles. The van der Waals surface area contributed by atoms with Crippen molar-refractivity contribution in [3.63, 3.8) is 0 Å². The van der Waals surface area contributed by atoms with E-state index in [9.17, 15) is 0 Å². The zero-order valence-electron chi connectivity index (χ0n) is 20.2. The van der Waals surface area contributed by atoms with Gasteiger partial charge in [0, 0.05) is 20.0 Å². The average molecular weight is 500 g/mol. The lowest BCUT2D eigenvalue weighted by Crippen LogP contribution is -2.33. The predicted octanol–water partition coefficient (Wildman–Crippen LogP) is 5.98. The maximum atomic E-state index is 6.14. The minimum Gasteiger partial charge on any atom is -0.322 e. The van der Waals surface area contributed by atoms with E-state index in [1.165, 1.54) is 75.6 Å². The molecular weight excluding hydrogens is 459 g/mol. The molecule has 10 heteroatoms. The number of nitrogens with zero attached hydrogens (tertiary/aromatic N) is 6. The highest BCUT2D eigenvalue weighted by Gasteiger charge is 2.14. The van der Waals surface area contributed by atoms with Gasteiger partial charge in [0.15, 0.2) is 10.8 Å². The highest BCUT2D eigenvalue weighted by molar-refractivity contribution is 6.35. The van der Waals surface area contributed by atoms with Crippen LogP contribution in [0.1, 0.15) is 95.7 Å². The van der Waals surface area contributed by atoms with Crippen LogP contribution < -0.4 is 11.7 Å². The van der Waals surface area contributed by atoms with Gasteiger partial charge in [-0.05, 0) is 31.4 Å². The van der Waals surface area contributed by atoms with Crippen LogP contribution in [0.3, 0.4) is 0 Å². The van der Waals surface area contributed by atoms with Gasteiger partial charge in [0.1, 0.15) is 17.2 Å². The van der Waals surface area contributed by atoms with Crippen LogP contribution in [0.5, 0.6) is 0 Å². The number of amidine groups is 1. The van der Waals surface area contributed by atoms with Crippen LogP contribution >= 0.6 is 23.2 Å². The SMILES string of the molecule is Cc1nc2c(Cl)nc(Cl)nc2n1CCCCCCCCCCCCCCC/C(=N/N)N(C)N. The minimum absolute atomic E-state index is 0.167. The van der Waals surface area contributed by atoms with Crippen LogP contribution in [0.2, 0.25) is 10.4 Å². The van der Waals surface area contributed by atoms with Crippen molar-refractivity contribution in [1.29, 1.82) is 0 Å². The lowest BCUT2D eigenvalue weighted by Gasteiger charge is -2.13. The summed E-state index contributed by atoms with van der Waals surface area (Å²) < 4.78 is 2.09. The molecule has 0 spiro atoms. The molecule has 0 radical (unpaired) electrons. The van der Waals surface area contributed by atoms with Crippen molar-refractivity contribution < 1.29 is 0 Å². The summed E-state index contributed by atoms with van der Waals surface area (Å²) in [6.07, 6.45) is 17.4. The van der Waals surface area contributed by atoms with Crippen molar-refractivity contribution >= 4 is 40.2 Å². The second-order valence-electron chi connectivity index (χ2n) is 8.77. The molecular formula is C23H40Cl2N8. The quantitative estimate of drug-likeness (QED) is 0.0559. The van der Waals surface area contributed by atoms with Crippen molar-refractivity contribution in [1.82, 2.24) is 24.5 Å². The number of aryl methyl sites for hydroxylation is 2. The molecule has 2 heterocycles. The van der Waals surface area contributed by atoms with Gasteiger partial charge in [-0.1, -0.05) is 82.2 Å². The first-order valence-corrected chi connectivity index (χ1v) is 13.0. The number of halogens is 2. The third-order valence-corrected chi connectivity index (χ3v) is 6.49. The zero-order valence-corrected chi connectivity index (χ0v) is 21.7. The Morgan fingerprint density at radius 2 is 1.36 bits per heavy atom. The number of hydrogen-bond donors (Lipinski definition) is 2. The van der Waals surface area contributed by atoms with Crippen LogP contribution in [0, 0.1) is 6.92 Å². The molecule has 0 aromatic carbocycles. The fourth-order valence-electron chi connectivity index (χ4n) is 4.15. The molecule has 4 N–H and O–H groups in total. The first-order chi connectivity index (χ1) is 15.9. The van der Waals surface area contributed by atoms with Gasteiger partial charge in [-0.2, -0.15) is 10.1 Å². The number of fused-ring (bicyclic) bond motifs is 1. The van der Waals surface area contributed by atoms with E-state index in [2.05, 4.69) is 24.6 Å². The van der Waals surface area contributed by atoms with Crippen molar-refractivity contribution in [2.75, 3.05) is 7.05 Å². The summed E-state index contributed by atoms with van der Waals surface area (Å²) in [6.45, 7) is 2.86. The van der Waals surface area contributed by atoms with E-state index in [-0.39, 0.29) is 5.28 Å². The molecule has 0 aliphatic heterocycles. The van der Waals surface area contributed by atoms with Gasteiger partial charge in [0.25, 0.3) is 0 Å². The first-order valence-electron chi connectivity index (χ1n) is 12.2. The highest BCUT2D eigenvalue weighted by Crippen LogP contribution is 2.23. The maximum Gasteiger partial charge on any atom is 0.225 e. The van der Waals surface area contributed by atoms with Gasteiger partial charge >= 0.3 is 0 Å². The molecule has 186 valence electrons. The lowest BCUT2D eigenvalue weighted by atomic mass is 10.0. The summed E-state index contributed by atoms with van der Waals surface area (Å²) in [5, 5.41) is 5.71. The van der Waals surface area contributed by atoms with E-state index in [1.54, 1.807) is 7.05 Å². The Balaban J connectivity index is 1.44. The molecule has 0 atom stereocenters. The number of aromatic nitrogens is 4. The minimum atomic E-state index is 0.167. The van der Waals surface area contributed by atoms with Gasteiger partial charge in [-0.15, -0.1) is 0 Å². The molecule has 0 unspecified atom stereocenters. The van der Waals surface area contributed by atoms with Crippen LogP contribution in [-0.2, 0) is 6.54 Å². The van der Waals surface area contributed by atoms with Crippen molar-refractivity contribution in [3.05, 3.63) is 16.3 Å². The second-order valence-corrected chi connectivity index (χ2v) is 9.46. The smallest absolute Gasteiger partial charge is 0.225 e. The summed E-state index contributed by atoms with van der Waals surface area (Å²) in [5.74, 6) is 12.7. The molecule has 8 nitrogen and oxygen atoms in total. The second kappa shape index (κ2) is 15.3. The molecule has 0 aliphatic carbocycles. The number of unbranched alkanes of at least 4 members (excludes halogenated alkanes) is 12. The van der Waals surface area contributed by atoms with E-state index < -0.39 is 0 Å². The zero-order chi connectivity index (χ0) is 24.1. The molecule has 2 rings (SSSR count). The Morgan fingerprint density at radius 1 is 0.848 bits per heavy atom. The normalized spacial score (nSPS) is 12.1. The standard InChI is InChI=1S/C23H40Cl2N8/c1-18-28-20-21(24)29-23(25)30-22(20)33(18)17-15-13-11-9-7-5-3-4-6-8-10-12-14-16-19(31-26)32(2)27/h3-17,26-27H2,1-2H3/b31-19-.